The number of hydrazone groups is 1. The van der Waals surface area contributed by atoms with Crippen molar-refractivity contribution in [2.24, 2.45) is 5.10 Å². The zero-order valence-electron chi connectivity index (χ0n) is 15.7. The van der Waals surface area contributed by atoms with E-state index in [4.69, 9.17) is 4.74 Å². The molecule has 0 unspecified atom stereocenters. The van der Waals surface area contributed by atoms with Gasteiger partial charge in [-0.25, -0.2) is 5.43 Å². The number of nitrogens with one attached hydrogen (secondary N) is 2. The van der Waals surface area contributed by atoms with Crippen molar-refractivity contribution in [1.82, 2.24) is 5.43 Å². The Morgan fingerprint density at radius 1 is 1.18 bits per heavy atom. The molecule has 1 heterocycles. The first kappa shape index (κ1) is 19.7. The van der Waals surface area contributed by atoms with Crippen LogP contribution in [0, 0.1) is 10.1 Å². The first-order valence-electron chi connectivity index (χ1n) is 9.12. The lowest BCUT2D eigenvalue weighted by molar-refractivity contribution is -0.921. The molecule has 0 saturated carbocycles. The average Bonchev–Trinajstić information content (AvgIpc) is 2.73. The molecule has 1 aliphatic heterocycles. The second-order valence-corrected chi connectivity index (χ2v) is 6.68. The highest BCUT2D eigenvalue weighted by Crippen LogP contribution is 2.13. The van der Waals surface area contributed by atoms with Gasteiger partial charge in [-0.3, -0.25) is 14.9 Å². The molecular weight excluding hydrogens is 360 g/mol. The van der Waals surface area contributed by atoms with E-state index in [2.05, 4.69) is 10.5 Å². The van der Waals surface area contributed by atoms with Gasteiger partial charge in [-0.2, -0.15) is 5.10 Å². The van der Waals surface area contributed by atoms with Crippen LogP contribution in [-0.4, -0.2) is 42.8 Å². The Labute approximate surface area is 163 Å². The lowest BCUT2D eigenvalue weighted by Gasteiger charge is -2.23. The van der Waals surface area contributed by atoms with E-state index in [1.165, 1.54) is 22.6 Å². The SMILES string of the molecule is C/C(=N/NC(=O)c1ccc(C[NH+]2CCOCC2)cc1)c1cccc([N+](=O)[O-])c1. The minimum Gasteiger partial charge on any atom is -0.370 e. The third-order valence-electron chi connectivity index (χ3n) is 4.67. The normalized spacial score (nSPS) is 15.2. The maximum Gasteiger partial charge on any atom is 0.271 e. The molecule has 0 atom stereocenters. The van der Waals surface area contributed by atoms with Crippen LogP contribution in [0.5, 0.6) is 0 Å². The molecule has 0 spiro atoms. The number of nitro benzene ring substituents is 1. The molecule has 2 aromatic rings. The number of rotatable bonds is 6. The van der Waals surface area contributed by atoms with Gasteiger partial charge in [0.15, 0.2) is 0 Å². The van der Waals surface area contributed by atoms with Crippen LogP contribution in [-0.2, 0) is 11.3 Å². The van der Waals surface area contributed by atoms with Gasteiger partial charge in [-0.05, 0) is 19.1 Å². The highest BCUT2D eigenvalue weighted by Gasteiger charge is 2.14. The van der Waals surface area contributed by atoms with Gasteiger partial charge in [0.2, 0.25) is 0 Å². The lowest BCUT2D eigenvalue weighted by Crippen LogP contribution is -3.12. The number of carbonyl (C=O) groups is 1. The van der Waals surface area contributed by atoms with E-state index in [0.717, 1.165) is 32.8 Å². The summed E-state index contributed by atoms with van der Waals surface area (Å²) in [7, 11) is 0. The number of nitrogens with zero attached hydrogens (tertiary/aromatic N) is 2. The Morgan fingerprint density at radius 2 is 1.89 bits per heavy atom. The van der Waals surface area contributed by atoms with Crippen LogP contribution >= 0.6 is 0 Å². The largest absolute Gasteiger partial charge is 0.370 e. The van der Waals surface area contributed by atoms with Crippen molar-refractivity contribution >= 4 is 17.3 Å². The Morgan fingerprint density at radius 3 is 2.57 bits per heavy atom. The molecule has 1 aliphatic rings. The number of ether oxygens (including phenoxy) is 1. The zero-order valence-corrected chi connectivity index (χ0v) is 15.7. The quantitative estimate of drug-likeness (QED) is 0.444. The number of non-ortho nitro benzene ring substituents is 1. The van der Waals surface area contributed by atoms with Gasteiger partial charge < -0.3 is 9.64 Å². The standard InChI is InChI=1S/C20H22N4O4/c1-15(18-3-2-4-19(13-18)24(26)27)21-22-20(25)17-7-5-16(6-8-17)14-23-9-11-28-12-10-23/h2-8,13H,9-12,14H2,1H3,(H,22,25)/p+1/b21-15-. The molecule has 0 bridgehead atoms. The van der Waals surface area contributed by atoms with Crippen LogP contribution < -0.4 is 10.3 Å². The molecule has 0 aromatic heterocycles. The second kappa shape index (κ2) is 9.20. The third-order valence-corrected chi connectivity index (χ3v) is 4.67. The van der Waals surface area contributed by atoms with Gasteiger partial charge >= 0.3 is 0 Å². The van der Waals surface area contributed by atoms with Crippen molar-refractivity contribution in [2.75, 3.05) is 26.3 Å². The van der Waals surface area contributed by atoms with Crippen molar-refractivity contribution in [2.45, 2.75) is 13.5 Å². The molecule has 1 fully saturated rings. The van der Waals surface area contributed by atoms with Crippen LogP contribution in [0.2, 0.25) is 0 Å². The van der Waals surface area contributed by atoms with Gasteiger partial charge in [0.1, 0.15) is 19.6 Å². The Balaban J connectivity index is 1.60. The van der Waals surface area contributed by atoms with Gasteiger partial charge in [0, 0.05) is 28.8 Å². The lowest BCUT2D eigenvalue weighted by atomic mass is 10.1. The number of amides is 1. The van der Waals surface area contributed by atoms with E-state index < -0.39 is 4.92 Å². The van der Waals surface area contributed by atoms with Crippen LogP contribution in [0.15, 0.2) is 53.6 Å². The fourth-order valence-electron chi connectivity index (χ4n) is 3.01. The van der Waals surface area contributed by atoms with E-state index in [1.807, 2.05) is 12.1 Å². The Bertz CT molecular complexity index is 874. The number of hydrogen-bond donors (Lipinski definition) is 2. The van der Waals surface area contributed by atoms with Crippen molar-refractivity contribution < 1.29 is 19.4 Å². The fraction of sp³-hybridized carbons (Fsp3) is 0.300. The van der Waals surface area contributed by atoms with E-state index in [9.17, 15) is 14.9 Å². The van der Waals surface area contributed by atoms with Crippen LogP contribution in [0.1, 0.15) is 28.4 Å². The van der Waals surface area contributed by atoms with E-state index in [0.29, 0.717) is 16.8 Å². The number of nitro groups is 1. The first-order valence-corrected chi connectivity index (χ1v) is 9.12. The smallest absolute Gasteiger partial charge is 0.271 e. The predicted molar refractivity (Wildman–Crippen MR) is 104 cm³/mol. The zero-order chi connectivity index (χ0) is 19.9. The molecule has 0 aliphatic carbocycles. The molecular formula is C20H23N4O4+. The van der Waals surface area contributed by atoms with Crippen LogP contribution in [0.3, 0.4) is 0 Å². The molecule has 146 valence electrons. The van der Waals surface area contributed by atoms with Gasteiger partial charge in [-0.15, -0.1) is 0 Å². The molecule has 8 heteroatoms. The van der Waals surface area contributed by atoms with Gasteiger partial charge in [-0.1, -0.05) is 24.3 Å². The topological polar surface area (TPSA) is 98.3 Å². The number of benzene rings is 2. The second-order valence-electron chi connectivity index (χ2n) is 6.68. The number of morpholine rings is 1. The molecule has 3 rings (SSSR count). The molecule has 2 N–H and O–H groups in total. The summed E-state index contributed by atoms with van der Waals surface area (Å²) >= 11 is 0. The summed E-state index contributed by atoms with van der Waals surface area (Å²) in [6.07, 6.45) is 0. The van der Waals surface area contributed by atoms with Crippen LogP contribution in [0.25, 0.3) is 0 Å². The summed E-state index contributed by atoms with van der Waals surface area (Å²) in [5.74, 6) is -0.324. The summed E-state index contributed by atoms with van der Waals surface area (Å²) in [5.41, 5.74) is 5.24. The first-order chi connectivity index (χ1) is 13.5. The molecule has 1 saturated heterocycles. The van der Waals surface area contributed by atoms with Crippen molar-refractivity contribution in [3.05, 3.63) is 75.3 Å². The molecule has 2 aromatic carbocycles. The van der Waals surface area contributed by atoms with Gasteiger partial charge in [0.05, 0.1) is 23.8 Å². The predicted octanol–water partition coefficient (Wildman–Crippen LogP) is 1.16. The minimum atomic E-state index is -0.463. The maximum atomic E-state index is 12.3. The molecule has 28 heavy (non-hydrogen) atoms. The highest BCUT2D eigenvalue weighted by atomic mass is 16.6. The number of carbonyl (C=O) groups excluding carboxylic acids is 1. The molecule has 8 nitrogen and oxygen atoms in total. The summed E-state index contributed by atoms with van der Waals surface area (Å²) in [6.45, 7) is 6.17. The minimum absolute atomic E-state index is 0.0173. The third kappa shape index (κ3) is 5.21. The van der Waals surface area contributed by atoms with Crippen LogP contribution in [0.4, 0.5) is 5.69 Å². The van der Waals surface area contributed by atoms with E-state index in [-0.39, 0.29) is 11.6 Å². The monoisotopic (exact) mass is 383 g/mol. The van der Waals surface area contributed by atoms with Crippen molar-refractivity contribution in [3.8, 4) is 0 Å². The summed E-state index contributed by atoms with van der Waals surface area (Å²) in [4.78, 5) is 24.2. The summed E-state index contributed by atoms with van der Waals surface area (Å²) in [5, 5.41) is 14.9. The Kier molecular flexibility index (Phi) is 6.46. The Hall–Kier alpha value is -3.10. The number of quaternary nitrogens is 1. The average molecular weight is 383 g/mol. The van der Waals surface area contributed by atoms with Crippen molar-refractivity contribution in [3.63, 3.8) is 0 Å². The molecule has 0 radical (unpaired) electrons. The molecule has 1 amide bonds. The van der Waals surface area contributed by atoms with Crippen molar-refractivity contribution in [1.29, 1.82) is 0 Å². The van der Waals surface area contributed by atoms with E-state index in [1.54, 1.807) is 31.2 Å². The fourth-order valence-corrected chi connectivity index (χ4v) is 3.01. The number of hydrogen-bond acceptors (Lipinski definition) is 5. The highest BCUT2D eigenvalue weighted by molar-refractivity contribution is 6.01. The van der Waals surface area contributed by atoms with E-state index >= 15 is 0 Å². The summed E-state index contributed by atoms with van der Waals surface area (Å²) in [6, 6.07) is 13.6. The summed E-state index contributed by atoms with van der Waals surface area (Å²) < 4.78 is 5.36. The maximum absolute atomic E-state index is 12.3. The van der Waals surface area contributed by atoms with Gasteiger partial charge in [0.25, 0.3) is 11.6 Å².